The first-order valence-electron chi connectivity index (χ1n) is 7.55. The summed E-state index contributed by atoms with van der Waals surface area (Å²) in [6, 6.07) is 8.18. The zero-order valence-electron chi connectivity index (χ0n) is 13.8. The minimum atomic E-state index is -4.75. The number of hydrogen-bond acceptors (Lipinski definition) is 7. The second-order valence-corrected chi connectivity index (χ2v) is 5.26. The summed E-state index contributed by atoms with van der Waals surface area (Å²) in [6.45, 7) is 0. The van der Waals surface area contributed by atoms with E-state index in [0.29, 0.717) is 11.3 Å². The third kappa shape index (κ3) is 4.88. The molecule has 3 rings (SSSR count). The van der Waals surface area contributed by atoms with E-state index >= 15 is 0 Å². The highest BCUT2D eigenvalue weighted by Crippen LogP contribution is 2.29. The molecule has 1 N–H and O–H groups in total. The molecule has 2 aromatic rings. The molecular formula is C17H13F3N2O5. The molecule has 1 aromatic carbocycles. The number of hydrogen-bond donors (Lipinski definition) is 1. The van der Waals surface area contributed by atoms with Crippen molar-refractivity contribution >= 4 is 5.97 Å². The van der Waals surface area contributed by atoms with E-state index in [0.717, 1.165) is 0 Å². The second kappa shape index (κ2) is 7.54. The Bertz CT molecular complexity index is 852. The monoisotopic (exact) mass is 382 g/mol. The summed E-state index contributed by atoms with van der Waals surface area (Å²) in [6.07, 6.45) is -2.37. The van der Waals surface area contributed by atoms with E-state index in [1.807, 2.05) is 0 Å². The number of ether oxygens (including phenoxy) is 3. The van der Waals surface area contributed by atoms with E-state index in [2.05, 4.69) is 19.9 Å². The lowest BCUT2D eigenvalue weighted by molar-refractivity contribution is -0.274. The zero-order valence-corrected chi connectivity index (χ0v) is 13.8. The standard InChI is InChI=1S/C17H13F3N2O5/c1-24-16(23)13-8-12(6-7-21-13)25-15-9-14(27-22-15)10-2-4-11(5-3-10)26-17(18,19)20/h2-9,14,22H,1H3. The van der Waals surface area contributed by atoms with E-state index in [1.54, 1.807) is 6.08 Å². The Hall–Kier alpha value is -3.27. The maximum Gasteiger partial charge on any atom is 0.573 e. The van der Waals surface area contributed by atoms with Gasteiger partial charge in [-0.3, -0.25) is 4.84 Å². The number of carbonyl (C=O) groups excluding carboxylic acids is 1. The number of methoxy groups -OCH3 is 1. The minimum absolute atomic E-state index is 0.0753. The third-order valence-electron chi connectivity index (χ3n) is 3.39. The van der Waals surface area contributed by atoms with E-state index < -0.39 is 18.4 Å². The summed E-state index contributed by atoms with van der Waals surface area (Å²) in [5.74, 6) is -0.367. The molecule has 0 aliphatic carbocycles. The molecular weight excluding hydrogens is 369 g/mol. The van der Waals surface area contributed by atoms with Crippen LogP contribution in [0.4, 0.5) is 13.2 Å². The molecule has 0 saturated carbocycles. The van der Waals surface area contributed by atoms with Crippen LogP contribution in [0.1, 0.15) is 22.2 Å². The van der Waals surface area contributed by atoms with Gasteiger partial charge in [0.15, 0.2) is 5.69 Å². The summed E-state index contributed by atoms with van der Waals surface area (Å²) in [7, 11) is 1.24. The van der Waals surface area contributed by atoms with Crippen molar-refractivity contribution in [1.29, 1.82) is 0 Å². The number of alkyl halides is 3. The quantitative estimate of drug-likeness (QED) is 0.795. The van der Waals surface area contributed by atoms with Crippen LogP contribution in [0.3, 0.4) is 0 Å². The first-order valence-corrected chi connectivity index (χ1v) is 7.55. The number of nitrogens with zero attached hydrogens (tertiary/aromatic N) is 1. The van der Waals surface area contributed by atoms with Crippen LogP contribution in [0.25, 0.3) is 0 Å². The van der Waals surface area contributed by atoms with Gasteiger partial charge in [-0.05, 0) is 23.8 Å². The van der Waals surface area contributed by atoms with Gasteiger partial charge in [-0.25, -0.2) is 15.3 Å². The number of benzene rings is 1. The zero-order chi connectivity index (χ0) is 19.4. The van der Waals surface area contributed by atoms with Crippen LogP contribution in [0.5, 0.6) is 11.5 Å². The van der Waals surface area contributed by atoms with Crippen molar-refractivity contribution in [2.24, 2.45) is 0 Å². The number of rotatable bonds is 5. The first kappa shape index (κ1) is 18.5. The summed E-state index contributed by atoms with van der Waals surface area (Å²) in [4.78, 5) is 20.7. The number of esters is 1. The fourth-order valence-corrected chi connectivity index (χ4v) is 2.22. The number of carbonyl (C=O) groups is 1. The molecule has 0 spiro atoms. The van der Waals surface area contributed by atoms with Crippen LogP contribution >= 0.6 is 0 Å². The van der Waals surface area contributed by atoms with Crippen molar-refractivity contribution in [1.82, 2.24) is 10.5 Å². The van der Waals surface area contributed by atoms with Gasteiger partial charge in [0.05, 0.1) is 7.11 Å². The normalized spacial score (nSPS) is 16.3. The summed E-state index contributed by atoms with van der Waals surface area (Å²) in [5, 5.41) is 0. The van der Waals surface area contributed by atoms with Crippen LogP contribution in [0.15, 0.2) is 54.6 Å². The Morgan fingerprint density at radius 3 is 2.59 bits per heavy atom. The molecule has 1 aliphatic heterocycles. The number of nitrogens with one attached hydrogen (secondary N) is 1. The van der Waals surface area contributed by atoms with Gasteiger partial charge < -0.3 is 14.2 Å². The topological polar surface area (TPSA) is 78.9 Å². The van der Waals surface area contributed by atoms with Crippen LogP contribution in [-0.4, -0.2) is 24.4 Å². The molecule has 7 nitrogen and oxygen atoms in total. The predicted molar refractivity (Wildman–Crippen MR) is 84.4 cm³/mol. The molecule has 0 fully saturated rings. The number of pyridine rings is 1. The van der Waals surface area contributed by atoms with Crippen LogP contribution in [-0.2, 0) is 9.57 Å². The van der Waals surface area contributed by atoms with E-state index in [1.165, 1.54) is 49.7 Å². The Kier molecular flexibility index (Phi) is 5.17. The molecule has 0 saturated heterocycles. The van der Waals surface area contributed by atoms with Gasteiger partial charge in [-0.1, -0.05) is 12.1 Å². The van der Waals surface area contributed by atoms with Gasteiger partial charge >= 0.3 is 12.3 Å². The lowest BCUT2D eigenvalue weighted by Gasteiger charge is -2.11. The first-order chi connectivity index (χ1) is 12.8. The SMILES string of the molecule is COC(=O)c1cc(OC2=CC(c3ccc(OC(F)(F)F)cc3)ON2)ccn1. The Labute approximate surface area is 151 Å². The fraction of sp³-hybridized carbons (Fsp3) is 0.176. The molecule has 1 aromatic heterocycles. The molecule has 0 amide bonds. The highest BCUT2D eigenvalue weighted by molar-refractivity contribution is 5.87. The van der Waals surface area contributed by atoms with Crippen molar-refractivity contribution in [2.75, 3.05) is 7.11 Å². The maximum atomic E-state index is 12.2. The van der Waals surface area contributed by atoms with E-state index in [-0.39, 0.29) is 17.3 Å². The molecule has 10 heteroatoms. The van der Waals surface area contributed by atoms with Gasteiger partial charge in [-0.2, -0.15) is 0 Å². The van der Waals surface area contributed by atoms with E-state index in [4.69, 9.17) is 9.57 Å². The summed E-state index contributed by atoms with van der Waals surface area (Å²) >= 11 is 0. The highest BCUT2D eigenvalue weighted by Gasteiger charge is 2.31. The average Bonchev–Trinajstić information content (AvgIpc) is 3.09. The smallest absolute Gasteiger partial charge is 0.464 e. The van der Waals surface area contributed by atoms with Crippen LogP contribution in [0.2, 0.25) is 0 Å². The van der Waals surface area contributed by atoms with Gasteiger partial charge in [0.25, 0.3) is 0 Å². The number of hydroxylamine groups is 1. The molecule has 1 unspecified atom stereocenters. The lowest BCUT2D eigenvalue weighted by atomic mass is 10.1. The highest BCUT2D eigenvalue weighted by atomic mass is 19.4. The maximum absolute atomic E-state index is 12.2. The molecule has 27 heavy (non-hydrogen) atoms. The lowest BCUT2D eigenvalue weighted by Crippen LogP contribution is -2.17. The second-order valence-electron chi connectivity index (χ2n) is 5.26. The molecule has 0 bridgehead atoms. The van der Waals surface area contributed by atoms with Gasteiger partial charge in [-0.15, -0.1) is 13.2 Å². The Morgan fingerprint density at radius 2 is 1.93 bits per heavy atom. The predicted octanol–water partition coefficient (Wildman–Crippen LogP) is 3.26. The number of aromatic nitrogens is 1. The molecule has 1 atom stereocenters. The van der Waals surface area contributed by atoms with Crippen molar-refractivity contribution in [3.63, 3.8) is 0 Å². The third-order valence-corrected chi connectivity index (χ3v) is 3.39. The van der Waals surface area contributed by atoms with Crippen LogP contribution < -0.4 is 15.0 Å². The summed E-state index contributed by atoms with van der Waals surface area (Å²) in [5.41, 5.74) is 3.22. The molecule has 142 valence electrons. The van der Waals surface area contributed by atoms with Crippen molar-refractivity contribution in [3.05, 3.63) is 65.8 Å². The Morgan fingerprint density at radius 1 is 1.19 bits per heavy atom. The molecule has 2 heterocycles. The van der Waals surface area contributed by atoms with Gasteiger partial charge in [0, 0.05) is 18.3 Å². The Balaban J connectivity index is 1.67. The number of halogens is 3. The summed E-state index contributed by atoms with van der Waals surface area (Å²) < 4.78 is 50.5. The molecule has 0 radical (unpaired) electrons. The average molecular weight is 382 g/mol. The van der Waals surface area contributed by atoms with Crippen molar-refractivity contribution < 1.29 is 37.0 Å². The fourth-order valence-electron chi connectivity index (χ4n) is 2.22. The van der Waals surface area contributed by atoms with Gasteiger partial charge in [0.2, 0.25) is 5.88 Å². The van der Waals surface area contributed by atoms with Crippen LogP contribution in [0, 0.1) is 0 Å². The van der Waals surface area contributed by atoms with Crippen molar-refractivity contribution in [3.8, 4) is 11.5 Å². The minimum Gasteiger partial charge on any atom is -0.464 e. The largest absolute Gasteiger partial charge is 0.573 e. The van der Waals surface area contributed by atoms with Gasteiger partial charge in [0.1, 0.15) is 17.6 Å². The molecule has 1 aliphatic rings. The van der Waals surface area contributed by atoms with Crippen molar-refractivity contribution in [2.45, 2.75) is 12.5 Å². The van der Waals surface area contributed by atoms with E-state index in [9.17, 15) is 18.0 Å².